The van der Waals surface area contributed by atoms with Crippen molar-refractivity contribution < 1.29 is 9.53 Å². The van der Waals surface area contributed by atoms with Crippen LogP contribution >= 0.6 is 11.8 Å². The van der Waals surface area contributed by atoms with Gasteiger partial charge in [0.05, 0.1) is 18.9 Å². The Hall–Kier alpha value is -2.46. The number of carbonyl (C=O) groups excluding carboxylic acids is 1. The maximum absolute atomic E-state index is 12.0. The number of aromatic nitrogens is 3. The molecule has 2 aromatic rings. The summed E-state index contributed by atoms with van der Waals surface area (Å²) in [5.41, 5.74) is 0.946. The normalized spacial score (nSPS) is 11.6. The summed E-state index contributed by atoms with van der Waals surface area (Å²) in [6.07, 6.45) is 5.16. The molecular formula is C17H20N4O2S. The van der Waals surface area contributed by atoms with Gasteiger partial charge >= 0.3 is 0 Å². The number of nitrogens with zero attached hydrogens (tertiary/aromatic N) is 3. The number of methoxy groups -OCH3 is 1. The van der Waals surface area contributed by atoms with Gasteiger partial charge in [-0.15, -0.1) is 16.6 Å². The van der Waals surface area contributed by atoms with E-state index < -0.39 is 0 Å². The predicted octanol–water partition coefficient (Wildman–Crippen LogP) is 2.20. The van der Waals surface area contributed by atoms with Crippen LogP contribution in [0.2, 0.25) is 0 Å². The second kappa shape index (κ2) is 8.41. The minimum absolute atomic E-state index is 0.116. The van der Waals surface area contributed by atoms with Crippen LogP contribution in [0, 0.1) is 12.3 Å². The molecule has 6 nitrogen and oxygen atoms in total. The molecule has 1 heterocycles. The summed E-state index contributed by atoms with van der Waals surface area (Å²) in [4.78, 5) is 12.0. The number of carbonyl (C=O) groups is 1. The molecule has 1 N–H and O–H groups in total. The van der Waals surface area contributed by atoms with Gasteiger partial charge in [-0.2, -0.15) is 0 Å². The van der Waals surface area contributed by atoms with Gasteiger partial charge < -0.3 is 14.6 Å². The molecule has 0 aliphatic carbocycles. The van der Waals surface area contributed by atoms with Crippen molar-refractivity contribution in [3.05, 3.63) is 24.3 Å². The van der Waals surface area contributed by atoms with E-state index in [0.29, 0.717) is 11.7 Å². The fourth-order valence-electron chi connectivity index (χ4n) is 2.11. The second-order valence-corrected chi connectivity index (χ2v) is 6.27. The van der Waals surface area contributed by atoms with E-state index in [1.807, 2.05) is 42.7 Å². The molecule has 0 saturated heterocycles. The summed E-state index contributed by atoms with van der Waals surface area (Å²) in [6.45, 7) is 4.76. The summed E-state index contributed by atoms with van der Waals surface area (Å²) in [5, 5.41) is 11.6. The average Bonchev–Trinajstić information content (AvgIpc) is 3.02. The molecule has 1 atom stereocenters. The van der Waals surface area contributed by atoms with Crippen molar-refractivity contribution in [1.82, 2.24) is 20.1 Å². The van der Waals surface area contributed by atoms with Crippen molar-refractivity contribution in [2.45, 2.75) is 30.8 Å². The van der Waals surface area contributed by atoms with E-state index in [0.717, 1.165) is 17.1 Å². The molecule has 0 saturated carbocycles. The van der Waals surface area contributed by atoms with Crippen LogP contribution in [0.25, 0.3) is 11.4 Å². The molecule has 0 radical (unpaired) electrons. The number of ether oxygens (including phenoxy) is 1. The van der Waals surface area contributed by atoms with Gasteiger partial charge in [0.1, 0.15) is 5.75 Å². The van der Waals surface area contributed by atoms with E-state index in [1.54, 1.807) is 7.11 Å². The molecule has 0 aliphatic rings. The Balaban J connectivity index is 2.19. The number of hydrogen-bond donors (Lipinski definition) is 1. The molecular weight excluding hydrogens is 324 g/mol. The lowest BCUT2D eigenvalue weighted by Crippen LogP contribution is -2.31. The first-order valence-electron chi connectivity index (χ1n) is 7.56. The van der Waals surface area contributed by atoms with E-state index in [-0.39, 0.29) is 17.7 Å². The Labute approximate surface area is 146 Å². The second-order valence-electron chi connectivity index (χ2n) is 4.96. The summed E-state index contributed by atoms with van der Waals surface area (Å²) < 4.78 is 7.16. The van der Waals surface area contributed by atoms with Crippen molar-refractivity contribution in [2.75, 3.05) is 13.7 Å². The van der Waals surface area contributed by atoms with Gasteiger partial charge in [-0.1, -0.05) is 17.7 Å². The Morgan fingerprint density at radius 1 is 1.42 bits per heavy atom. The number of nitrogens with one attached hydrogen (secondary N) is 1. The third-order valence-corrected chi connectivity index (χ3v) is 4.48. The third-order valence-electron chi connectivity index (χ3n) is 3.40. The van der Waals surface area contributed by atoms with Crippen molar-refractivity contribution in [1.29, 1.82) is 0 Å². The van der Waals surface area contributed by atoms with Crippen LogP contribution in [0.1, 0.15) is 13.8 Å². The molecule has 1 amide bonds. The van der Waals surface area contributed by atoms with Gasteiger partial charge in [0.25, 0.3) is 0 Å². The summed E-state index contributed by atoms with van der Waals surface area (Å²) in [5.74, 6) is 3.82. The lowest BCUT2D eigenvalue weighted by atomic mass is 10.2. The van der Waals surface area contributed by atoms with Crippen molar-refractivity contribution >= 4 is 17.7 Å². The average molecular weight is 344 g/mol. The molecule has 126 valence electrons. The lowest BCUT2D eigenvalue weighted by Gasteiger charge is -2.11. The highest BCUT2D eigenvalue weighted by atomic mass is 32.2. The highest BCUT2D eigenvalue weighted by Gasteiger charge is 2.19. The Bertz CT molecular complexity index is 734. The highest BCUT2D eigenvalue weighted by Crippen LogP contribution is 2.27. The first-order valence-corrected chi connectivity index (χ1v) is 8.44. The number of rotatable bonds is 7. The molecule has 7 heteroatoms. The zero-order valence-electron chi connectivity index (χ0n) is 13.9. The molecule has 2 rings (SSSR count). The standard InChI is InChI=1S/C17H20N4O2S/c1-5-11-18-16(22)12(3)24-17-20-19-15(21(17)6-2)13-7-9-14(23-4)10-8-13/h1,7-10,12H,6,11H2,2-4H3,(H,18,22). The van der Waals surface area contributed by atoms with Crippen LogP contribution in [-0.2, 0) is 11.3 Å². The maximum Gasteiger partial charge on any atom is 0.234 e. The molecule has 0 bridgehead atoms. The van der Waals surface area contributed by atoms with E-state index >= 15 is 0 Å². The Morgan fingerprint density at radius 3 is 2.71 bits per heavy atom. The third kappa shape index (κ3) is 4.09. The Kier molecular flexibility index (Phi) is 6.27. The van der Waals surface area contributed by atoms with Crippen molar-refractivity contribution in [3.8, 4) is 29.5 Å². The van der Waals surface area contributed by atoms with Gasteiger partial charge in [-0.3, -0.25) is 4.79 Å². The minimum atomic E-state index is -0.309. The zero-order valence-corrected chi connectivity index (χ0v) is 14.8. The van der Waals surface area contributed by atoms with Gasteiger partial charge in [-0.25, -0.2) is 0 Å². The number of benzene rings is 1. The van der Waals surface area contributed by atoms with Gasteiger partial charge in [0.15, 0.2) is 11.0 Å². The summed E-state index contributed by atoms with van der Waals surface area (Å²) >= 11 is 1.36. The summed E-state index contributed by atoms with van der Waals surface area (Å²) in [6, 6.07) is 7.64. The van der Waals surface area contributed by atoms with E-state index in [9.17, 15) is 4.79 Å². The zero-order chi connectivity index (χ0) is 17.5. The fourth-order valence-corrected chi connectivity index (χ4v) is 3.05. The highest BCUT2D eigenvalue weighted by molar-refractivity contribution is 8.00. The molecule has 24 heavy (non-hydrogen) atoms. The van der Waals surface area contributed by atoms with Crippen molar-refractivity contribution in [2.24, 2.45) is 0 Å². The van der Waals surface area contributed by atoms with E-state index in [4.69, 9.17) is 11.2 Å². The first kappa shape index (κ1) is 17.9. The molecule has 1 aromatic carbocycles. The smallest absolute Gasteiger partial charge is 0.234 e. The van der Waals surface area contributed by atoms with Gasteiger partial charge in [0, 0.05) is 12.1 Å². The largest absolute Gasteiger partial charge is 0.497 e. The molecule has 0 spiro atoms. The number of hydrogen-bond acceptors (Lipinski definition) is 5. The van der Waals surface area contributed by atoms with Crippen LogP contribution in [0.3, 0.4) is 0 Å². The van der Waals surface area contributed by atoms with Crippen LogP contribution in [0.5, 0.6) is 5.75 Å². The van der Waals surface area contributed by atoms with Crippen molar-refractivity contribution in [3.63, 3.8) is 0 Å². The SMILES string of the molecule is C#CCNC(=O)C(C)Sc1nnc(-c2ccc(OC)cc2)n1CC. The fraction of sp³-hybridized carbons (Fsp3) is 0.353. The van der Waals surface area contributed by atoms with E-state index in [2.05, 4.69) is 21.4 Å². The van der Waals surface area contributed by atoms with E-state index in [1.165, 1.54) is 11.8 Å². The predicted molar refractivity (Wildman–Crippen MR) is 94.8 cm³/mol. The quantitative estimate of drug-likeness (QED) is 0.616. The molecule has 0 fully saturated rings. The van der Waals surface area contributed by atoms with Gasteiger partial charge in [0.2, 0.25) is 5.91 Å². The number of thioether (sulfide) groups is 1. The molecule has 1 unspecified atom stereocenters. The number of amides is 1. The minimum Gasteiger partial charge on any atom is -0.497 e. The van der Waals surface area contributed by atoms with Gasteiger partial charge in [-0.05, 0) is 38.1 Å². The summed E-state index contributed by atoms with van der Waals surface area (Å²) in [7, 11) is 1.63. The van der Waals surface area contributed by atoms with Crippen LogP contribution < -0.4 is 10.1 Å². The first-order chi connectivity index (χ1) is 11.6. The monoisotopic (exact) mass is 344 g/mol. The molecule has 0 aliphatic heterocycles. The number of terminal acetylenes is 1. The van der Waals surface area contributed by atoms with Crippen LogP contribution in [0.4, 0.5) is 0 Å². The maximum atomic E-state index is 12.0. The Morgan fingerprint density at radius 2 is 2.12 bits per heavy atom. The lowest BCUT2D eigenvalue weighted by molar-refractivity contribution is -0.120. The van der Waals surface area contributed by atoms with Crippen LogP contribution in [-0.4, -0.2) is 39.6 Å². The molecule has 1 aromatic heterocycles. The van der Waals surface area contributed by atoms with Crippen LogP contribution in [0.15, 0.2) is 29.4 Å². The topological polar surface area (TPSA) is 69.0 Å².